The highest BCUT2D eigenvalue weighted by molar-refractivity contribution is 7.09. The van der Waals surface area contributed by atoms with Crippen molar-refractivity contribution in [1.29, 1.82) is 0 Å². The molecule has 3 amide bonds. The molecule has 3 rings (SSSR count). The molecule has 26 heavy (non-hydrogen) atoms. The van der Waals surface area contributed by atoms with Crippen molar-refractivity contribution in [2.24, 2.45) is 5.92 Å². The van der Waals surface area contributed by atoms with Crippen LogP contribution in [0.4, 0.5) is 4.79 Å². The first-order chi connectivity index (χ1) is 12.5. The Balaban J connectivity index is 1.44. The quantitative estimate of drug-likeness (QED) is 0.804. The molecule has 0 spiro atoms. The van der Waals surface area contributed by atoms with Gasteiger partial charge in [-0.2, -0.15) is 0 Å². The molecule has 2 N–H and O–H groups in total. The van der Waals surface area contributed by atoms with E-state index in [-0.39, 0.29) is 23.6 Å². The van der Waals surface area contributed by atoms with Gasteiger partial charge in [0.15, 0.2) is 5.69 Å². The van der Waals surface area contributed by atoms with E-state index in [2.05, 4.69) is 10.3 Å². The van der Waals surface area contributed by atoms with Crippen LogP contribution in [0.1, 0.15) is 41.2 Å². The summed E-state index contributed by atoms with van der Waals surface area (Å²) in [7, 11) is 0. The molecule has 0 aliphatic carbocycles. The van der Waals surface area contributed by atoms with Crippen LogP contribution < -0.4 is 5.32 Å². The van der Waals surface area contributed by atoms with Gasteiger partial charge in [0.1, 0.15) is 0 Å². The van der Waals surface area contributed by atoms with Crippen molar-refractivity contribution >= 4 is 29.2 Å². The number of rotatable bonds is 5. The molecule has 2 aliphatic heterocycles. The van der Waals surface area contributed by atoms with Gasteiger partial charge in [-0.15, -0.1) is 11.3 Å². The molecule has 0 radical (unpaired) electrons. The second-order valence-corrected chi connectivity index (χ2v) is 7.68. The van der Waals surface area contributed by atoms with Crippen LogP contribution in [0.2, 0.25) is 0 Å². The fraction of sp³-hybridized carbons (Fsp3) is 0.647. The highest BCUT2D eigenvalue weighted by atomic mass is 32.1. The predicted octanol–water partition coefficient (Wildman–Crippen LogP) is 1.43. The van der Waals surface area contributed by atoms with Crippen molar-refractivity contribution in [2.75, 3.05) is 32.7 Å². The lowest BCUT2D eigenvalue weighted by Gasteiger charge is -2.34. The van der Waals surface area contributed by atoms with E-state index < -0.39 is 5.97 Å². The molecule has 0 bridgehead atoms. The maximum Gasteiger partial charge on any atom is 0.355 e. The smallest absolute Gasteiger partial charge is 0.355 e. The average molecular weight is 380 g/mol. The molecule has 1 unspecified atom stereocenters. The molecular weight excluding hydrogens is 356 g/mol. The maximum atomic E-state index is 12.5. The molecule has 8 nitrogen and oxygen atoms in total. The number of carbonyl (C=O) groups is 3. The number of likely N-dealkylation sites (tertiary alicyclic amines) is 2. The van der Waals surface area contributed by atoms with Gasteiger partial charge in [-0.1, -0.05) is 0 Å². The average Bonchev–Trinajstić information content (AvgIpc) is 3.33. The number of urea groups is 1. The standard InChI is InChI=1S/C17H24N4O4S/c22-15(18-6-5-14-19-13(11-26-14)16(23)24)12-4-3-9-21(10-12)17(25)20-7-1-2-8-20/h11-12H,1-10H2,(H,18,22)(H,23,24). The first kappa shape index (κ1) is 18.6. The molecule has 0 saturated carbocycles. The molecule has 2 saturated heterocycles. The Morgan fingerprint density at radius 1 is 1.19 bits per heavy atom. The molecule has 2 aliphatic rings. The molecule has 1 aromatic rings. The number of thiazole rings is 1. The van der Waals surface area contributed by atoms with Crippen molar-refractivity contribution in [3.8, 4) is 0 Å². The second-order valence-electron chi connectivity index (χ2n) is 6.73. The van der Waals surface area contributed by atoms with Crippen molar-refractivity contribution < 1.29 is 19.5 Å². The number of carbonyl (C=O) groups excluding carboxylic acids is 2. The van der Waals surface area contributed by atoms with Gasteiger partial charge in [-0.3, -0.25) is 4.79 Å². The summed E-state index contributed by atoms with van der Waals surface area (Å²) >= 11 is 1.28. The number of nitrogens with zero attached hydrogens (tertiary/aromatic N) is 3. The minimum atomic E-state index is -1.04. The summed E-state index contributed by atoms with van der Waals surface area (Å²) in [6, 6.07) is 0.0592. The Kier molecular flexibility index (Phi) is 6.08. The first-order valence-electron chi connectivity index (χ1n) is 9.04. The van der Waals surface area contributed by atoms with Gasteiger partial charge in [-0.25, -0.2) is 14.6 Å². The Morgan fingerprint density at radius 2 is 1.92 bits per heavy atom. The SMILES string of the molecule is O=C(O)c1csc(CCNC(=O)C2CCCN(C(=O)N3CCCC3)C2)n1. The van der Waals surface area contributed by atoms with Crippen LogP contribution >= 0.6 is 11.3 Å². The number of aromatic nitrogens is 1. The fourth-order valence-corrected chi connectivity index (χ4v) is 4.21. The lowest BCUT2D eigenvalue weighted by Crippen LogP contribution is -2.49. The topological polar surface area (TPSA) is 103 Å². The van der Waals surface area contributed by atoms with E-state index in [1.165, 1.54) is 16.7 Å². The van der Waals surface area contributed by atoms with Gasteiger partial charge in [0.2, 0.25) is 5.91 Å². The van der Waals surface area contributed by atoms with Crippen molar-refractivity contribution in [3.63, 3.8) is 0 Å². The zero-order valence-electron chi connectivity index (χ0n) is 14.6. The van der Waals surface area contributed by atoms with Gasteiger partial charge < -0.3 is 20.2 Å². The molecule has 2 fully saturated rings. The van der Waals surface area contributed by atoms with Crippen LogP contribution in [0, 0.1) is 5.92 Å². The Labute approximate surface area is 156 Å². The second kappa shape index (κ2) is 8.48. The number of hydrogen-bond donors (Lipinski definition) is 2. The minimum absolute atomic E-state index is 0.0414. The molecule has 3 heterocycles. The molecule has 9 heteroatoms. The predicted molar refractivity (Wildman–Crippen MR) is 96.3 cm³/mol. The molecule has 0 aromatic carbocycles. The Bertz CT molecular complexity index is 671. The summed E-state index contributed by atoms with van der Waals surface area (Å²) in [6.45, 7) is 3.25. The number of aromatic carboxylic acids is 1. The van der Waals surface area contributed by atoms with Crippen molar-refractivity contribution in [3.05, 3.63) is 16.1 Å². The third-order valence-electron chi connectivity index (χ3n) is 4.85. The summed E-state index contributed by atoms with van der Waals surface area (Å²) in [5.74, 6) is -1.26. The Morgan fingerprint density at radius 3 is 2.62 bits per heavy atom. The van der Waals surface area contributed by atoms with Gasteiger partial charge in [0.25, 0.3) is 0 Å². The third kappa shape index (κ3) is 4.51. The van der Waals surface area contributed by atoms with Crippen LogP contribution in [-0.4, -0.2) is 70.5 Å². The van der Waals surface area contributed by atoms with Crippen LogP contribution in [0.15, 0.2) is 5.38 Å². The minimum Gasteiger partial charge on any atom is -0.476 e. The lowest BCUT2D eigenvalue weighted by molar-refractivity contribution is -0.126. The van der Waals surface area contributed by atoms with E-state index in [1.54, 1.807) is 4.90 Å². The van der Waals surface area contributed by atoms with E-state index in [0.29, 0.717) is 24.5 Å². The summed E-state index contributed by atoms with van der Waals surface area (Å²) < 4.78 is 0. The molecule has 142 valence electrons. The van der Waals surface area contributed by atoms with Crippen LogP contribution in [-0.2, 0) is 11.2 Å². The number of piperidine rings is 1. The molecule has 1 aromatic heterocycles. The van der Waals surface area contributed by atoms with Crippen LogP contribution in [0.3, 0.4) is 0 Å². The zero-order valence-corrected chi connectivity index (χ0v) is 15.5. The lowest BCUT2D eigenvalue weighted by atomic mass is 9.97. The van der Waals surface area contributed by atoms with E-state index in [9.17, 15) is 14.4 Å². The highest BCUT2D eigenvalue weighted by Crippen LogP contribution is 2.20. The van der Waals surface area contributed by atoms with Gasteiger partial charge in [-0.05, 0) is 25.7 Å². The van der Waals surface area contributed by atoms with Gasteiger partial charge in [0, 0.05) is 44.5 Å². The normalized spacial score (nSPS) is 20.2. The van der Waals surface area contributed by atoms with Gasteiger partial charge in [0.05, 0.1) is 10.9 Å². The van der Waals surface area contributed by atoms with Gasteiger partial charge >= 0.3 is 12.0 Å². The first-order valence-corrected chi connectivity index (χ1v) is 9.92. The number of nitrogens with one attached hydrogen (secondary N) is 1. The summed E-state index contributed by atoms with van der Waals surface area (Å²) in [4.78, 5) is 43.4. The highest BCUT2D eigenvalue weighted by Gasteiger charge is 2.31. The Hall–Kier alpha value is -2.16. The van der Waals surface area contributed by atoms with Crippen LogP contribution in [0.25, 0.3) is 0 Å². The van der Waals surface area contributed by atoms with E-state index >= 15 is 0 Å². The number of amides is 3. The molecular formula is C17H24N4O4S. The monoisotopic (exact) mass is 380 g/mol. The number of carboxylic acids is 1. The number of hydrogen-bond acceptors (Lipinski definition) is 5. The van der Waals surface area contributed by atoms with Crippen molar-refractivity contribution in [1.82, 2.24) is 20.1 Å². The van der Waals surface area contributed by atoms with Crippen molar-refractivity contribution in [2.45, 2.75) is 32.1 Å². The maximum absolute atomic E-state index is 12.5. The molecule has 1 atom stereocenters. The number of carboxylic acid groups (broad SMARTS) is 1. The van der Waals surface area contributed by atoms with E-state index in [0.717, 1.165) is 45.3 Å². The summed E-state index contributed by atoms with van der Waals surface area (Å²) in [5.41, 5.74) is 0.0414. The van der Waals surface area contributed by atoms with Crippen LogP contribution in [0.5, 0.6) is 0 Å². The summed E-state index contributed by atoms with van der Waals surface area (Å²) in [5, 5.41) is 14.0. The largest absolute Gasteiger partial charge is 0.476 e. The van der Waals surface area contributed by atoms with E-state index in [1.807, 2.05) is 4.90 Å². The third-order valence-corrected chi connectivity index (χ3v) is 5.76. The summed E-state index contributed by atoms with van der Waals surface area (Å²) in [6.07, 6.45) is 4.25. The fourth-order valence-electron chi connectivity index (χ4n) is 3.43. The van der Waals surface area contributed by atoms with E-state index in [4.69, 9.17) is 5.11 Å². The zero-order chi connectivity index (χ0) is 18.5.